The second-order valence-electron chi connectivity index (χ2n) is 4.25. The standard InChI is InChI=1S/C12H16N2O2/c1-8-7-12(14-9(2)13-8)16-11-5-3-10(15)4-6-11/h7,11H,3-6H2,1-2H3. The van der Waals surface area contributed by atoms with Gasteiger partial charge in [0, 0.05) is 24.6 Å². The van der Waals surface area contributed by atoms with E-state index in [1.807, 2.05) is 19.9 Å². The molecular weight excluding hydrogens is 204 g/mol. The molecule has 0 radical (unpaired) electrons. The number of carbonyl (C=O) groups excluding carboxylic acids is 1. The Morgan fingerprint density at radius 2 is 1.94 bits per heavy atom. The Morgan fingerprint density at radius 3 is 2.56 bits per heavy atom. The minimum Gasteiger partial charge on any atom is -0.474 e. The van der Waals surface area contributed by atoms with Gasteiger partial charge in [-0.1, -0.05) is 0 Å². The summed E-state index contributed by atoms with van der Waals surface area (Å²) in [6.45, 7) is 3.77. The van der Waals surface area contributed by atoms with Crippen LogP contribution in [0, 0.1) is 13.8 Å². The lowest BCUT2D eigenvalue weighted by atomic mass is 9.96. The predicted octanol–water partition coefficient (Wildman–Crippen LogP) is 1.98. The molecule has 2 rings (SSSR count). The Bertz CT molecular complexity index is 374. The Hall–Kier alpha value is -1.45. The zero-order valence-electron chi connectivity index (χ0n) is 9.69. The number of aryl methyl sites for hydroxylation is 2. The lowest BCUT2D eigenvalue weighted by Gasteiger charge is -2.21. The molecule has 4 heteroatoms. The van der Waals surface area contributed by atoms with E-state index < -0.39 is 0 Å². The van der Waals surface area contributed by atoms with E-state index in [4.69, 9.17) is 4.74 Å². The first kappa shape index (κ1) is 11.0. The number of aromatic nitrogens is 2. The van der Waals surface area contributed by atoms with Crippen molar-refractivity contribution in [3.8, 4) is 5.88 Å². The SMILES string of the molecule is Cc1cc(OC2CCC(=O)CC2)nc(C)n1. The lowest BCUT2D eigenvalue weighted by Crippen LogP contribution is -2.24. The normalized spacial score (nSPS) is 17.5. The average molecular weight is 220 g/mol. The Kier molecular flexibility index (Phi) is 3.17. The smallest absolute Gasteiger partial charge is 0.217 e. The maximum Gasteiger partial charge on any atom is 0.217 e. The molecule has 1 saturated carbocycles. The largest absolute Gasteiger partial charge is 0.474 e. The van der Waals surface area contributed by atoms with Crippen molar-refractivity contribution in [2.24, 2.45) is 0 Å². The van der Waals surface area contributed by atoms with Crippen molar-refractivity contribution in [1.29, 1.82) is 0 Å². The molecule has 1 fully saturated rings. The van der Waals surface area contributed by atoms with Crippen LogP contribution >= 0.6 is 0 Å². The van der Waals surface area contributed by atoms with E-state index in [1.165, 1.54) is 0 Å². The van der Waals surface area contributed by atoms with Gasteiger partial charge in [-0.3, -0.25) is 4.79 Å². The number of hydrogen-bond acceptors (Lipinski definition) is 4. The number of nitrogens with zero attached hydrogens (tertiary/aromatic N) is 2. The van der Waals surface area contributed by atoms with E-state index in [2.05, 4.69) is 9.97 Å². The van der Waals surface area contributed by atoms with Gasteiger partial charge in [-0.05, 0) is 26.7 Å². The molecule has 1 aliphatic carbocycles. The molecule has 0 saturated heterocycles. The van der Waals surface area contributed by atoms with Gasteiger partial charge in [0.2, 0.25) is 5.88 Å². The third-order valence-electron chi connectivity index (χ3n) is 2.72. The van der Waals surface area contributed by atoms with Crippen LogP contribution in [0.2, 0.25) is 0 Å². The van der Waals surface area contributed by atoms with Gasteiger partial charge in [0.05, 0.1) is 0 Å². The summed E-state index contributed by atoms with van der Waals surface area (Å²) in [6.07, 6.45) is 3.01. The van der Waals surface area contributed by atoms with Crippen molar-refractivity contribution in [2.45, 2.75) is 45.6 Å². The number of Topliss-reactive ketones (excluding diaryl/α,β-unsaturated/α-hetero) is 1. The summed E-state index contributed by atoms with van der Waals surface area (Å²) >= 11 is 0. The van der Waals surface area contributed by atoms with E-state index >= 15 is 0 Å². The Morgan fingerprint density at radius 1 is 1.25 bits per heavy atom. The molecule has 1 aromatic rings. The summed E-state index contributed by atoms with van der Waals surface area (Å²) in [5, 5.41) is 0. The zero-order valence-corrected chi connectivity index (χ0v) is 9.69. The maximum absolute atomic E-state index is 11.1. The fourth-order valence-electron chi connectivity index (χ4n) is 1.95. The fraction of sp³-hybridized carbons (Fsp3) is 0.583. The Labute approximate surface area is 95.1 Å². The highest BCUT2D eigenvalue weighted by Crippen LogP contribution is 2.20. The molecule has 86 valence electrons. The second-order valence-corrected chi connectivity index (χ2v) is 4.25. The molecule has 0 amide bonds. The van der Waals surface area contributed by atoms with Crippen molar-refractivity contribution in [3.63, 3.8) is 0 Å². The monoisotopic (exact) mass is 220 g/mol. The number of hydrogen-bond donors (Lipinski definition) is 0. The minimum atomic E-state index is 0.131. The van der Waals surface area contributed by atoms with Gasteiger partial charge < -0.3 is 4.74 Å². The highest BCUT2D eigenvalue weighted by Gasteiger charge is 2.20. The molecule has 1 aromatic heterocycles. The van der Waals surface area contributed by atoms with E-state index in [1.54, 1.807) is 0 Å². The van der Waals surface area contributed by atoms with E-state index in [-0.39, 0.29) is 6.10 Å². The molecule has 16 heavy (non-hydrogen) atoms. The summed E-state index contributed by atoms with van der Waals surface area (Å²) in [5.41, 5.74) is 0.911. The van der Waals surface area contributed by atoms with Gasteiger partial charge in [-0.15, -0.1) is 0 Å². The van der Waals surface area contributed by atoms with E-state index in [0.29, 0.717) is 24.5 Å². The first-order valence-electron chi connectivity index (χ1n) is 5.64. The van der Waals surface area contributed by atoms with Crippen LogP contribution in [0.15, 0.2) is 6.07 Å². The molecule has 0 unspecified atom stereocenters. The van der Waals surface area contributed by atoms with Crippen LogP contribution in [-0.4, -0.2) is 21.9 Å². The number of rotatable bonds is 2. The molecule has 0 spiro atoms. The van der Waals surface area contributed by atoms with Crippen LogP contribution in [0.1, 0.15) is 37.2 Å². The van der Waals surface area contributed by atoms with Crippen molar-refractivity contribution in [1.82, 2.24) is 9.97 Å². The topological polar surface area (TPSA) is 52.1 Å². The van der Waals surface area contributed by atoms with Gasteiger partial charge in [0.25, 0.3) is 0 Å². The summed E-state index contributed by atoms with van der Waals surface area (Å²) in [5.74, 6) is 1.70. The minimum absolute atomic E-state index is 0.131. The number of carbonyl (C=O) groups is 1. The first-order chi connectivity index (χ1) is 7.63. The molecule has 0 aromatic carbocycles. The van der Waals surface area contributed by atoms with Gasteiger partial charge in [0.1, 0.15) is 17.7 Å². The molecule has 0 atom stereocenters. The van der Waals surface area contributed by atoms with Crippen LogP contribution in [0.4, 0.5) is 0 Å². The number of ketones is 1. The Balaban J connectivity index is 2.00. The fourth-order valence-corrected chi connectivity index (χ4v) is 1.95. The van der Waals surface area contributed by atoms with Gasteiger partial charge in [0.15, 0.2) is 0 Å². The lowest BCUT2D eigenvalue weighted by molar-refractivity contribution is -0.121. The van der Waals surface area contributed by atoms with Crippen molar-refractivity contribution < 1.29 is 9.53 Å². The highest BCUT2D eigenvalue weighted by atomic mass is 16.5. The van der Waals surface area contributed by atoms with Crippen molar-refractivity contribution >= 4 is 5.78 Å². The first-order valence-corrected chi connectivity index (χ1v) is 5.64. The molecule has 1 aliphatic rings. The second kappa shape index (κ2) is 4.60. The summed E-state index contributed by atoms with van der Waals surface area (Å²) in [7, 11) is 0. The van der Waals surface area contributed by atoms with Gasteiger partial charge in [-0.2, -0.15) is 4.98 Å². The average Bonchev–Trinajstić information content (AvgIpc) is 2.20. The summed E-state index contributed by atoms with van der Waals surface area (Å²) in [6, 6.07) is 1.84. The molecule has 1 heterocycles. The quantitative estimate of drug-likeness (QED) is 0.764. The van der Waals surface area contributed by atoms with Gasteiger partial charge in [-0.25, -0.2) is 4.98 Å². The summed E-state index contributed by atoms with van der Waals surface area (Å²) < 4.78 is 5.76. The van der Waals surface area contributed by atoms with Crippen LogP contribution < -0.4 is 4.74 Å². The molecule has 0 bridgehead atoms. The molecule has 0 N–H and O–H groups in total. The van der Waals surface area contributed by atoms with Crippen LogP contribution in [0.25, 0.3) is 0 Å². The van der Waals surface area contributed by atoms with Crippen molar-refractivity contribution in [3.05, 3.63) is 17.6 Å². The van der Waals surface area contributed by atoms with Gasteiger partial charge >= 0.3 is 0 Å². The third kappa shape index (κ3) is 2.78. The third-order valence-corrected chi connectivity index (χ3v) is 2.72. The zero-order chi connectivity index (χ0) is 11.5. The molecule has 4 nitrogen and oxygen atoms in total. The molecule has 0 aliphatic heterocycles. The van der Waals surface area contributed by atoms with Crippen LogP contribution in [-0.2, 0) is 4.79 Å². The highest BCUT2D eigenvalue weighted by molar-refractivity contribution is 5.79. The number of ether oxygens (including phenoxy) is 1. The van der Waals surface area contributed by atoms with Crippen molar-refractivity contribution in [2.75, 3.05) is 0 Å². The van der Waals surface area contributed by atoms with Crippen LogP contribution in [0.3, 0.4) is 0 Å². The van der Waals surface area contributed by atoms with E-state index in [0.717, 1.165) is 24.4 Å². The summed E-state index contributed by atoms with van der Waals surface area (Å²) in [4.78, 5) is 19.5. The predicted molar refractivity (Wildman–Crippen MR) is 59.4 cm³/mol. The van der Waals surface area contributed by atoms with Crippen LogP contribution in [0.5, 0.6) is 5.88 Å². The molecular formula is C12H16N2O2. The van der Waals surface area contributed by atoms with E-state index in [9.17, 15) is 4.79 Å². The maximum atomic E-state index is 11.1.